The number of para-hydroxylation sites is 1. The third-order valence-electron chi connectivity index (χ3n) is 4.06. The third-order valence-corrected chi connectivity index (χ3v) is 4.06. The van der Waals surface area contributed by atoms with Gasteiger partial charge in [-0.25, -0.2) is 9.97 Å². The molecule has 1 aliphatic heterocycles. The summed E-state index contributed by atoms with van der Waals surface area (Å²) < 4.78 is 11.3. The summed E-state index contributed by atoms with van der Waals surface area (Å²) in [7, 11) is 1.86. The zero-order chi connectivity index (χ0) is 14.2. The molecule has 0 atom stereocenters. The largest absolute Gasteiger partial charge is 0.450 e. The number of anilines is 1. The van der Waals surface area contributed by atoms with Gasteiger partial charge in [-0.1, -0.05) is 12.1 Å². The van der Waals surface area contributed by atoms with Crippen molar-refractivity contribution in [3.63, 3.8) is 0 Å². The molecule has 0 saturated carbocycles. The molecule has 5 nitrogen and oxygen atoms in total. The van der Waals surface area contributed by atoms with Crippen molar-refractivity contribution in [2.75, 3.05) is 25.6 Å². The molecule has 1 aliphatic rings. The second kappa shape index (κ2) is 5.00. The van der Waals surface area contributed by atoms with Crippen LogP contribution in [0.5, 0.6) is 0 Å². The lowest BCUT2D eigenvalue weighted by Gasteiger charge is -2.21. The summed E-state index contributed by atoms with van der Waals surface area (Å²) in [6.45, 7) is 1.57. The molecule has 0 bridgehead atoms. The van der Waals surface area contributed by atoms with Gasteiger partial charge in [-0.15, -0.1) is 0 Å². The van der Waals surface area contributed by atoms with Crippen molar-refractivity contribution in [3.05, 3.63) is 30.1 Å². The predicted octanol–water partition coefficient (Wildman–Crippen LogP) is 3.31. The highest BCUT2D eigenvalue weighted by molar-refractivity contribution is 6.05. The first-order valence-electron chi connectivity index (χ1n) is 7.31. The smallest absolute Gasteiger partial charge is 0.196 e. The molecule has 2 aromatic heterocycles. The van der Waals surface area contributed by atoms with E-state index in [1.54, 1.807) is 0 Å². The first kappa shape index (κ1) is 12.6. The van der Waals surface area contributed by atoms with Crippen molar-refractivity contribution in [3.8, 4) is 0 Å². The maximum absolute atomic E-state index is 5.90. The number of benzene rings is 1. The van der Waals surface area contributed by atoms with Crippen LogP contribution in [0.3, 0.4) is 0 Å². The number of fused-ring (bicyclic) bond motifs is 3. The molecule has 21 heavy (non-hydrogen) atoms. The van der Waals surface area contributed by atoms with Crippen LogP contribution >= 0.6 is 0 Å². The van der Waals surface area contributed by atoms with Gasteiger partial charge in [0.1, 0.15) is 16.9 Å². The lowest BCUT2D eigenvalue weighted by atomic mass is 9.99. The normalized spacial score (nSPS) is 16.6. The highest BCUT2D eigenvalue weighted by Crippen LogP contribution is 2.33. The molecule has 0 radical (unpaired) electrons. The first-order chi connectivity index (χ1) is 10.4. The van der Waals surface area contributed by atoms with Crippen LogP contribution in [0.1, 0.15) is 24.6 Å². The van der Waals surface area contributed by atoms with Crippen LogP contribution in [0.4, 0.5) is 5.82 Å². The summed E-state index contributed by atoms with van der Waals surface area (Å²) in [5.74, 6) is 2.02. The van der Waals surface area contributed by atoms with Gasteiger partial charge in [0.25, 0.3) is 0 Å². The highest BCUT2D eigenvalue weighted by atomic mass is 16.5. The number of aromatic nitrogens is 2. The van der Waals surface area contributed by atoms with Crippen LogP contribution in [0.25, 0.3) is 22.1 Å². The van der Waals surface area contributed by atoms with Gasteiger partial charge in [-0.05, 0) is 25.0 Å². The Morgan fingerprint density at radius 3 is 2.76 bits per heavy atom. The van der Waals surface area contributed by atoms with E-state index in [1.165, 1.54) is 0 Å². The minimum atomic E-state index is 0.365. The molecule has 3 aromatic rings. The van der Waals surface area contributed by atoms with Gasteiger partial charge >= 0.3 is 0 Å². The van der Waals surface area contributed by atoms with Crippen molar-refractivity contribution in [1.82, 2.24) is 9.97 Å². The Morgan fingerprint density at radius 1 is 1.14 bits per heavy atom. The molecule has 0 unspecified atom stereocenters. The minimum absolute atomic E-state index is 0.365. The fourth-order valence-electron chi connectivity index (χ4n) is 2.92. The number of nitrogens with one attached hydrogen (secondary N) is 1. The topological polar surface area (TPSA) is 60.2 Å². The molecule has 4 rings (SSSR count). The second-order valence-electron chi connectivity index (χ2n) is 5.34. The van der Waals surface area contributed by atoms with Crippen LogP contribution in [0.2, 0.25) is 0 Å². The number of furan rings is 1. The van der Waals surface area contributed by atoms with Crippen molar-refractivity contribution in [2.24, 2.45) is 0 Å². The predicted molar refractivity (Wildman–Crippen MR) is 81.7 cm³/mol. The fraction of sp³-hybridized carbons (Fsp3) is 0.375. The van der Waals surface area contributed by atoms with Crippen molar-refractivity contribution >= 4 is 27.9 Å². The van der Waals surface area contributed by atoms with E-state index < -0.39 is 0 Å². The van der Waals surface area contributed by atoms with E-state index >= 15 is 0 Å². The number of rotatable bonds is 2. The maximum atomic E-state index is 5.90. The monoisotopic (exact) mass is 283 g/mol. The molecule has 1 fully saturated rings. The molecular weight excluding hydrogens is 266 g/mol. The second-order valence-corrected chi connectivity index (χ2v) is 5.34. The van der Waals surface area contributed by atoms with Crippen LogP contribution < -0.4 is 5.32 Å². The van der Waals surface area contributed by atoms with E-state index in [4.69, 9.17) is 14.1 Å². The standard InChI is InChI=1S/C16H17N3O2/c1-17-16-14-13(11-4-2-3-5-12(11)21-14)18-15(19-16)10-6-8-20-9-7-10/h2-5,10H,6-9H2,1H3,(H,17,18,19). The third kappa shape index (κ3) is 2.05. The highest BCUT2D eigenvalue weighted by Gasteiger charge is 2.22. The van der Waals surface area contributed by atoms with Gasteiger partial charge in [0.05, 0.1) is 0 Å². The molecule has 0 aliphatic carbocycles. The van der Waals surface area contributed by atoms with Gasteiger partial charge in [0.2, 0.25) is 0 Å². The summed E-state index contributed by atoms with van der Waals surface area (Å²) in [6, 6.07) is 7.98. The van der Waals surface area contributed by atoms with Crippen LogP contribution in [0.15, 0.2) is 28.7 Å². The molecule has 108 valence electrons. The van der Waals surface area contributed by atoms with E-state index in [-0.39, 0.29) is 0 Å². The Morgan fingerprint density at radius 2 is 1.95 bits per heavy atom. The van der Waals surface area contributed by atoms with Gasteiger partial charge < -0.3 is 14.5 Å². The molecule has 0 spiro atoms. The number of nitrogens with zero attached hydrogens (tertiary/aromatic N) is 2. The number of hydrogen-bond acceptors (Lipinski definition) is 5. The van der Waals surface area contributed by atoms with Crippen molar-refractivity contribution in [2.45, 2.75) is 18.8 Å². The number of hydrogen-bond donors (Lipinski definition) is 1. The summed E-state index contributed by atoms with van der Waals surface area (Å²) >= 11 is 0. The van der Waals surface area contributed by atoms with Gasteiger partial charge in [-0.3, -0.25) is 0 Å². The summed E-state index contributed by atoms with van der Waals surface area (Å²) in [4.78, 5) is 9.46. The van der Waals surface area contributed by atoms with E-state index in [1.807, 2.05) is 31.3 Å². The van der Waals surface area contributed by atoms with E-state index in [0.29, 0.717) is 5.92 Å². The maximum Gasteiger partial charge on any atom is 0.196 e. The van der Waals surface area contributed by atoms with E-state index in [0.717, 1.165) is 59.8 Å². The zero-order valence-corrected chi connectivity index (χ0v) is 11.9. The van der Waals surface area contributed by atoms with E-state index in [9.17, 15) is 0 Å². The van der Waals surface area contributed by atoms with Crippen LogP contribution in [-0.2, 0) is 4.74 Å². The van der Waals surface area contributed by atoms with Crippen LogP contribution in [0, 0.1) is 0 Å². The number of ether oxygens (including phenoxy) is 1. The van der Waals surface area contributed by atoms with Gasteiger partial charge in [0, 0.05) is 31.6 Å². The summed E-state index contributed by atoms with van der Waals surface area (Å²) in [5, 5.41) is 4.18. The Labute approximate surface area is 122 Å². The quantitative estimate of drug-likeness (QED) is 0.782. The molecule has 3 heterocycles. The van der Waals surface area contributed by atoms with Gasteiger partial charge in [-0.2, -0.15) is 0 Å². The molecule has 1 saturated heterocycles. The Bertz CT molecular complexity index is 791. The minimum Gasteiger partial charge on any atom is -0.450 e. The Kier molecular flexibility index (Phi) is 3.00. The Hall–Kier alpha value is -2.14. The lowest BCUT2D eigenvalue weighted by molar-refractivity contribution is 0.0837. The molecule has 0 amide bonds. The zero-order valence-electron chi connectivity index (χ0n) is 11.9. The fourth-order valence-corrected chi connectivity index (χ4v) is 2.92. The first-order valence-corrected chi connectivity index (χ1v) is 7.31. The summed E-state index contributed by atoms with van der Waals surface area (Å²) in [5.41, 5.74) is 2.48. The lowest BCUT2D eigenvalue weighted by Crippen LogP contribution is -2.16. The molecule has 1 N–H and O–H groups in total. The van der Waals surface area contributed by atoms with Crippen molar-refractivity contribution in [1.29, 1.82) is 0 Å². The van der Waals surface area contributed by atoms with Crippen molar-refractivity contribution < 1.29 is 9.15 Å². The van der Waals surface area contributed by atoms with Gasteiger partial charge in [0.15, 0.2) is 11.4 Å². The molecular formula is C16H17N3O2. The average molecular weight is 283 g/mol. The van der Waals surface area contributed by atoms with Crippen LogP contribution in [-0.4, -0.2) is 30.2 Å². The van der Waals surface area contributed by atoms with E-state index in [2.05, 4.69) is 10.3 Å². The Balaban J connectivity index is 1.94. The summed E-state index contributed by atoms with van der Waals surface area (Å²) in [6.07, 6.45) is 1.95. The molecule has 5 heteroatoms. The SMILES string of the molecule is CNc1nc(C2CCOCC2)nc2c1oc1ccccc12. The average Bonchev–Trinajstić information content (AvgIpc) is 2.93. The molecule has 1 aromatic carbocycles.